The third kappa shape index (κ3) is 2.38. The molecule has 1 aromatic carbocycles. The molecule has 1 heterocycles. The van der Waals surface area contributed by atoms with Gasteiger partial charge in [0.05, 0.1) is 0 Å². The molecule has 82 valence electrons. The zero-order chi connectivity index (χ0) is 10.7. The van der Waals surface area contributed by atoms with Crippen molar-refractivity contribution >= 4 is 27.5 Å². The molecule has 1 aromatic rings. The van der Waals surface area contributed by atoms with E-state index in [4.69, 9.17) is 16.3 Å². The van der Waals surface area contributed by atoms with Gasteiger partial charge in [-0.1, -0.05) is 39.7 Å². The zero-order valence-electron chi connectivity index (χ0n) is 8.51. The second-order valence-corrected chi connectivity index (χ2v) is 5.03. The lowest BCUT2D eigenvalue weighted by atomic mass is 9.76. The minimum atomic E-state index is 0.211. The molecule has 1 aliphatic rings. The number of rotatable bonds is 2. The Balaban J connectivity index is 2.32. The SMILES string of the molecule is Clc1cccc(C2(CBr)CCOCC2)c1. The molecule has 3 heteroatoms. The Labute approximate surface area is 104 Å². The van der Waals surface area contributed by atoms with Crippen molar-refractivity contribution in [2.75, 3.05) is 18.5 Å². The van der Waals surface area contributed by atoms with E-state index in [9.17, 15) is 0 Å². The molecule has 0 amide bonds. The highest BCUT2D eigenvalue weighted by atomic mass is 79.9. The predicted molar refractivity (Wildman–Crippen MR) is 67.0 cm³/mol. The standard InChI is InChI=1S/C12H14BrClO/c13-9-12(4-6-15-7-5-12)10-2-1-3-11(14)8-10/h1-3,8H,4-7,9H2. The maximum atomic E-state index is 6.04. The van der Waals surface area contributed by atoms with Gasteiger partial charge in [0.15, 0.2) is 0 Å². The Bertz CT molecular complexity index is 334. The van der Waals surface area contributed by atoms with Gasteiger partial charge in [-0.2, -0.15) is 0 Å². The maximum absolute atomic E-state index is 6.04. The van der Waals surface area contributed by atoms with E-state index in [2.05, 4.69) is 28.1 Å². The second-order valence-electron chi connectivity index (χ2n) is 4.04. The van der Waals surface area contributed by atoms with Crippen LogP contribution in [0.1, 0.15) is 18.4 Å². The smallest absolute Gasteiger partial charge is 0.0474 e. The lowest BCUT2D eigenvalue weighted by Gasteiger charge is -2.36. The van der Waals surface area contributed by atoms with E-state index in [1.165, 1.54) is 5.56 Å². The van der Waals surface area contributed by atoms with Crippen molar-refractivity contribution in [2.24, 2.45) is 0 Å². The van der Waals surface area contributed by atoms with Crippen LogP contribution in [0.15, 0.2) is 24.3 Å². The molecule has 0 aliphatic carbocycles. The number of hydrogen-bond donors (Lipinski definition) is 0. The molecular formula is C12H14BrClO. The molecule has 1 nitrogen and oxygen atoms in total. The van der Waals surface area contributed by atoms with Crippen molar-refractivity contribution in [3.63, 3.8) is 0 Å². The Hall–Kier alpha value is -0.0500. The summed E-state index contributed by atoms with van der Waals surface area (Å²) in [5.41, 5.74) is 1.54. The summed E-state index contributed by atoms with van der Waals surface area (Å²) in [6, 6.07) is 8.19. The largest absolute Gasteiger partial charge is 0.381 e. The van der Waals surface area contributed by atoms with E-state index < -0.39 is 0 Å². The van der Waals surface area contributed by atoms with Crippen molar-refractivity contribution < 1.29 is 4.74 Å². The summed E-state index contributed by atoms with van der Waals surface area (Å²) >= 11 is 9.67. The first-order valence-corrected chi connectivity index (χ1v) is 6.67. The number of benzene rings is 1. The first kappa shape index (κ1) is 11.4. The normalized spacial score (nSPS) is 20.1. The van der Waals surface area contributed by atoms with E-state index in [-0.39, 0.29) is 5.41 Å². The lowest BCUT2D eigenvalue weighted by molar-refractivity contribution is 0.0584. The van der Waals surface area contributed by atoms with Gasteiger partial charge in [-0.3, -0.25) is 0 Å². The molecule has 0 spiro atoms. The van der Waals surface area contributed by atoms with Gasteiger partial charge in [0.1, 0.15) is 0 Å². The molecular weight excluding hydrogens is 275 g/mol. The van der Waals surface area contributed by atoms with E-state index in [1.807, 2.05) is 12.1 Å². The summed E-state index contributed by atoms with van der Waals surface area (Å²) in [6.07, 6.45) is 2.14. The highest BCUT2D eigenvalue weighted by Gasteiger charge is 2.33. The molecule has 0 aromatic heterocycles. The minimum Gasteiger partial charge on any atom is -0.381 e. The van der Waals surface area contributed by atoms with Crippen LogP contribution in [0.2, 0.25) is 5.02 Å². The maximum Gasteiger partial charge on any atom is 0.0474 e. The van der Waals surface area contributed by atoms with Crippen LogP contribution in [0.5, 0.6) is 0 Å². The Morgan fingerprint density at radius 2 is 2.07 bits per heavy atom. The number of alkyl halides is 1. The average molecular weight is 290 g/mol. The van der Waals surface area contributed by atoms with Crippen molar-refractivity contribution in [3.8, 4) is 0 Å². The fourth-order valence-electron chi connectivity index (χ4n) is 2.08. The van der Waals surface area contributed by atoms with Crippen LogP contribution in [0.25, 0.3) is 0 Å². The van der Waals surface area contributed by atoms with Gasteiger partial charge in [-0.15, -0.1) is 0 Å². The van der Waals surface area contributed by atoms with Crippen molar-refractivity contribution in [1.82, 2.24) is 0 Å². The topological polar surface area (TPSA) is 9.23 Å². The minimum absolute atomic E-state index is 0.211. The first-order valence-electron chi connectivity index (χ1n) is 5.17. The molecule has 0 unspecified atom stereocenters. The molecule has 0 bridgehead atoms. The van der Waals surface area contributed by atoms with Crippen molar-refractivity contribution in [2.45, 2.75) is 18.3 Å². The molecule has 1 fully saturated rings. The molecule has 15 heavy (non-hydrogen) atoms. The molecule has 0 atom stereocenters. The number of ether oxygens (including phenoxy) is 1. The third-order valence-corrected chi connectivity index (χ3v) is 4.45. The van der Waals surface area contributed by atoms with Crippen LogP contribution in [-0.2, 0) is 10.2 Å². The van der Waals surface area contributed by atoms with Crippen molar-refractivity contribution in [1.29, 1.82) is 0 Å². The monoisotopic (exact) mass is 288 g/mol. The fraction of sp³-hybridized carbons (Fsp3) is 0.500. The Kier molecular flexibility index (Phi) is 3.70. The molecule has 1 aliphatic heterocycles. The summed E-state index contributed by atoms with van der Waals surface area (Å²) < 4.78 is 5.42. The second kappa shape index (κ2) is 4.86. The van der Waals surface area contributed by atoms with Gasteiger partial charge in [-0.25, -0.2) is 0 Å². The third-order valence-electron chi connectivity index (χ3n) is 3.14. The molecule has 0 N–H and O–H groups in total. The summed E-state index contributed by atoms with van der Waals surface area (Å²) in [7, 11) is 0. The van der Waals surface area contributed by atoms with Crippen LogP contribution < -0.4 is 0 Å². The fourth-order valence-corrected chi connectivity index (χ4v) is 3.15. The van der Waals surface area contributed by atoms with E-state index in [0.29, 0.717) is 0 Å². The zero-order valence-corrected chi connectivity index (χ0v) is 10.9. The molecule has 0 radical (unpaired) electrons. The highest BCUT2D eigenvalue weighted by molar-refractivity contribution is 9.09. The summed E-state index contributed by atoms with van der Waals surface area (Å²) in [6.45, 7) is 1.69. The first-order chi connectivity index (χ1) is 7.27. The Morgan fingerprint density at radius 3 is 2.67 bits per heavy atom. The highest BCUT2D eigenvalue weighted by Crippen LogP contribution is 2.37. The van der Waals surface area contributed by atoms with Crippen LogP contribution in [0, 0.1) is 0 Å². The summed E-state index contributed by atoms with van der Waals surface area (Å²) in [4.78, 5) is 0. The lowest BCUT2D eigenvalue weighted by Crippen LogP contribution is -2.35. The summed E-state index contributed by atoms with van der Waals surface area (Å²) in [5, 5.41) is 1.79. The van der Waals surface area contributed by atoms with E-state index in [0.717, 1.165) is 36.4 Å². The molecule has 0 saturated carbocycles. The van der Waals surface area contributed by atoms with Gasteiger partial charge in [0, 0.05) is 29.0 Å². The van der Waals surface area contributed by atoms with Crippen LogP contribution in [0.3, 0.4) is 0 Å². The van der Waals surface area contributed by atoms with Gasteiger partial charge in [0.25, 0.3) is 0 Å². The average Bonchev–Trinajstić information content (AvgIpc) is 2.30. The van der Waals surface area contributed by atoms with Gasteiger partial charge in [-0.05, 0) is 30.5 Å². The molecule has 1 saturated heterocycles. The number of halogens is 2. The van der Waals surface area contributed by atoms with Crippen LogP contribution in [0.4, 0.5) is 0 Å². The van der Waals surface area contributed by atoms with Gasteiger partial charge >= 0.3 is 0 Å². The van der Waals surface area contributed by atoms with E-state index in [1.54, 1.807) is 0 Å². The molecule has 2 rings (SSSR count). The Morgan fingerprint density at radius 1 is 1.33 bits per heavy atom. The van der Waals surface area contributed by atoms with Gasteiger partial charge in [0.2, 0.25) is 0 Å². The van der Waals surface area contributed by atoms with E-state index >= 15 is 0 Å². The van der Waals surface area contributed by atoms with Gasteiger partial charge < -0.3 is 4.74 Å². The number of hydrogen-bond acceptors (Lipinski definition) is 1. The summed E-state index contributed by atoms with van der Waals surface area (Å²) in [5.74, 6) is 0. The predicted octanol–water partition coefficient (Wildman–Crippen LogP) is 3.78. The quantitative estimate of drug-likeness (QED) is 0.753. The van der Waals surface area contributed by atoms with Crippen molar-refractivity contribution in [3.05, 3.63) is 34.9 Å². The van der Waals surface area contributed by atoms with Crippen LogP contribution in [-0.4, -0.2) is 18.5 Å². The van der Waals surface area contributed by atoms with Crippen LogP contribution >= 0.6 is 27.5 Å².